The highest BCUT2D eigenvalue weighted by Gasteiger charge is 2.27. The number of amides is 2. The van der Waals surface area contributed by atoms with E-state index in [4.69, 9.17) is 5.73 Å². The molecule has 0 saturated carbocycles. The van der Waals surface area contributed by atoms with E-state index in [0.29, 0.717) is 22.3 Å². The van der Waals surface area contributed by atoms with E-state index in [1.54, 1.807) is 30.3 Å². The molecule has 0 saturated heterocycles. The highest BCUT2D eigenvalue weighted by atomic mass is 19.2. The number of hydrogen-bond donors (Lipinski definition) is 3. The lowest BCUT2D eigenvalue weighted by Gasteiger charge is -2.12. The van der Waals surface area contributed by atoms with Crippen LogP contribution in [0.1, 0.15) is 31.8 Å². The lowest BCUT2D eigenvalue weighted by molar-refractivity contribution is 0.0997. The topological polar surface area (TPSA) is 110 Å². The van der Waals surface area contributed by atoms with Gasteiger partial charge in [0.05, 0.1) is 11.1 Å². The molecule has 1 heterocycles. The number of para-hydroxylation sites is 1. The molecule has 1 aromatic heterocycles. The minimum atomic E-state index is -1.78. The molecule has 0 aliphatic heterocycles. The molecule has 2 amide bonds. The zero-order valence-corrected chi connectivity index (χ0v) is 18.1. The van der Waals surface area contributed by atoms with Crippen LogP contribution in [0.25, 0.3) is 10.9 Å². The molecule has 4 rings (SSSR count). The van der Waals surface area contributed by atoms with Crippen molar-refractivity contribution in [3.63, 3.8) is 0 Å². The zero-order valence-electron chi connectivity index (χ0n) is 18.1. The largest absolute Gasteiger partial charge is 0.366 e. The average Bonchev–Trinajstić information content (AvgIpc) is 2.85. The second-order valence-corrected chi connectivity index (χ2v) is 7.55. The average molecular weight is 483 g/mol. The van der Waals surface area contributed by atoms with Crippen molar-refractivity contribution in [3.05, 3.63) is 94.3 Å². The van der Waals surface area contributed by atoms with Gasteiger partial charge in [-0.2, -0.15) is 0 Å². The molecule has 0 radical (unpaired) electrons. The Labute approximate surface area is 196 Å². The Morgan fingerprint density at radius 3 is 2.31 bits per heavy atom. The van der Waals surface area contributed by atoms with Gasteiger partial charge in [-0.3, -0.25) is 9.59 Å². The number of nitrogens with one attached hydrogen (secondary N) is 2. The van der Waals surface area contributed by atoms with Crippen molar-refractivity contribution >= 4 is 34.2 Å². The van der Waals surface area contributed by atoms with E-state index < -0.39 is 46.2 Å². The molecule has 7 nitrogen and oxygen atoms in total. The Morgan fingerprint density at radius 2 is 1.63 bits per heavy atom. The zero-order chi connectivity index (χ0) is 25.3. The number of aromatic nitrogens is 2. The third kappa shape index (κ3) is 4.47. The number of carbonyl (C=O) groups excluding carboxylic acids is 2. The molecular formula is C24H17F4N5O2. The summed E-state index contributed by atoms with van der Waals surface area (Å²) in [5.74, 6) is -8.38. The number of nitrogens with two attached hydrogens (primary N) is 1. The third-order valence-corrected chi connectivity index (χ3v) is 5.29. The molecule has 0 unspecified atom stereocenters. The number of nitrogens with zero attached hydrogens (tertiary/aromatic N) is 2. The van der Waals surface area contributed by atoms with Crippen LogP contribution in [-0.4, -0.2) is 21.8 Å². The number of rotatable bonds is 6. The quantitative estimate of drug-likeness (QED) is 0.277. The first-order chi connectivity index (χ1) is 16.7. The lowest BCUT2D eigenvalue weighted by atomic mass is 10.1. The van der Waals surface area contributed by atoms with Gasteiger partial charge in [0, 0.05) is 23.2 Å². The summed E-state index contributed by atoms with van der Waals surface area (Å²) in [7, 11) is 0. The molecule has 4 aromatic rings. The number of benzene rings is 3. The van der Waals surface area contributed by atoms with Crippen molar-refractivity contribution < 1.29 is 27.2 Å². The smallest absolute Gasteiger partial charge is 0.261 e. The Balaban J connectivity index is 1.55. The predicted octanol–water partition coefficient (Wildman–Crippen LogP) is 4.46. The van der Waals surface area contributed by atoms with Gasteiger partial charge in [-0.15, -0.1) is 0 Å². The van der Waals surface area contributed by atoms with Crippen LogP contribution in [-0.2, 0) is 6.54 Å². The van der Waals surface area contributed by atoms with Gasteiger partial charge in [-0.1, -0.05) is 18.2 Å². The van der Waals surface area contributed by atoms with Gasteiger partial charge in [-0.05, 0) is 36.8 Å². The van der Waals surface area contributed by atoms with E-state index in [9.17, 15) is 27.2 Å². The Bertz CT molecular complexity index is 1460. The van der Waals surface area contributed by atoms with Gasteiger partial charge in [0.25, 0.3) is 11.8 Å². The van der Waals surface area contributed by atoms with Gasteiger partial charge in [0.1, 0.15) is 17.7 Å². The van der Waals surface area contributed by atoms with Crippen molar-refractivity contribution in [2.24, 2.45) is 5.73 Å². The van der Waals surface area contributed by atoms with Crippen LogP contribution in [0.2, 0.25) is 0 Å². The first-order valence-electron chi connectivity index (χ1n) is 10.2. The summed E-state index contributed by atoms with van der Waals surface area (Å²) in [6.45, 7) is 1.07. The normalized spacial score (nSPS) is 10.9. The summed E-state index contributed by atoms with van der Waals surface area (Å²) < 4.78 is 56.0. The van der Waals surface area contributed by atoms with E-state index in [1.807, 2.05) is 0 Å². The van der Waals surface area contributed by atoms with Crippen molar-refractivity contribution in [1.29, 1.82) is 0 Å². The first kappa shape index (κ1) is 23.6. The number of anilines is 2. The molecule has 3 aromatic carbocycles. The minimum Gasteiger partial charge on any atom is -0.366 e. The SMILES string of the molecule is Cc1c(F)c(F)c(C(=O)Nc2cccc(CNc3ncnc4c(C(N)=O)cccc34)c2)c(F)c1F. The Kier molecular flexibility index (Phi) is 6.32. The fourth-order valence-corrected chi connectivity index (χ4v) is 3.51. The maximum absolute atomic E-state index is 14.2. The number of primary amides is 1. The predicted molar refractivity (Wildman–Crippen MR) is 121 cm³/mol. The fourth-order valence-electron chi connectivity index (χ4n) is 3.51. The molecule has 4 N–H and O–H groups in total. The van der Waals surface area contributed by atoms with Crippen LogP contribution >= 0.6 is 0 Å². The van der Waals surface area contributed by atoms with Crippen LogP contribution < -0.4 is 16.4 Å². The number of hydrogen-bond acceptors (Lipinski definition) is 5. The van der Waals surface area contributed by atoms with Crippen molar-refractivity contribution in [3.8, 4) is 0 Å². The summed E-state index contributed by atoms with van der Waals surface area (Å²) in [5, 5.41) is 5.89. The maximum Gasteiger partial charge on any atom is 0.261 e. The van der Waals surface area contributed by atoms with Crippen LogP contribution in [0, 0.1) is 30.2 Å². The summed E-state index contributed by atoms with van der Waals surface area (Å²) >= 11 is 0. The van der Waals surface area contributed by atoms with E-state index in [-0.39, 0.29) is 17.8 Å². The molecule has 35 heavy (non-hydrogen) atoms. The third-order valence-electron chi connectivity index (χ3n) is 5.29. The van der Waals surface area contributed by atoms with Crippen molar-refractivity contribution in [1.82, 2.24) is 9.97 Å². The highest BCUT2D eigenvalue weighted by molar-refractivity contribution is 6.07. The van der Waals surface area contributed by atoms with Crippen LogP contribution in [0.5, 0.6) is 0 Å². The van der Waals surface area contributed by atoms with E-state index in [0.717, 1.165) is 6.92 Å². The van der Waals surface area contributed by atoms with Crippen molar-refractivity contribution in [2.75, 3.05) is 10.6 Å². The van der Waals surface area contributed by atoms with E-state index in [1.165, 1.54) is 18.5 Å². The Hall–Kier alpha value is -4.54. The molecule has 0 aliphatic rings. The fraction of sp³-hybridized carbons (Fsp3) is 0.0833. The van der Waals surface area contributed by atoms with E-state index in [2.05, 4.69) is 20.6 Å². The second-order valence-electron chi connectivity index (χ2n) is 7.55. The molecule has 0 bridgehead atoms. The van der Waals surface area contributed by atoms with E-state index >= 15 is 0 Å². The van der Waals surface area contributed by atoms with Gasteiger partial charge in [-0.25, -0.2) is 27.5 Å². The molecule has 11 heteroatoms. The van der Waals surface area contributed by atoms with Gasteiger partial charge < -0.3 is 16.4 Å². The number of fused-ring (bicyclic) bond motifs is 1. The van der Waals surface area contributed by atoms with Gasteiger partial charge in [0.15, 0.2) is 23.3 Å². The molecular weight excluding hydrogens is 466 g/mol. The lowest BCUT2D eigenvalue weighted by Crippen LogP contribution is -2.19. The molecule has 0 aliphatic carbocycles. The first-order valence-corrected chi connectivity index (χ1v) is 10.2. The van der Waals surface area contributed by atoms with Gasteiger partial charge >= 0.3 is 0 Å². The van der Waals surface area contributed by atoms with Crippen LogP contribution in [0.15, 0.2) is 48.8 Å². The monoisotopic (exact) mass is 483 g/mol. The summed E-state index contributed by atoms with van der Waals surface area (Å²) in [6.07, 6.45) is 1.27. The number of carbonyl (C=O) groups is 2. The summed E-state index contributed by atoms with van der Waals surface area (Å²) in [4.78, 5) is 32.3. The molecule has 0 atom stereocenters. The van der Waals surface area contributed by atoms with Crippen LogP contribution in [0.3, 0.4) is 0 Å². The minimum absolute atomic E-state index is 0.137. The van der Waals surface area contributed by atoms with Crippen molar-refractivity contribution in [2.45, 2.75) is 13.5 Å². The molecule has 0 fully saturated rings. The van der Waals surface area contributed by atoms with Gasteiger partial charge in [0.2, 0.25) is 0 Å². The summed E-state index contributed by atoms with van der Waals surface area (Å²) in [6, 6.07) is 11.1. The second kappa shape index (κ2) is 9.37. The standard InChI is InChI=1S/C24H17F4N5O2/c1-11-17(25)19(27)16(20(28)18(11)26)24(35)33-13-5-2-4-12(8-13)9-30-23-15-7-3-6-14(22(29)34)21(15)31-10-32-23/h2-8,10H,9H2,1H3,(H2,29,34)(H,33,35)(H,30,31,32). The molecule has 178 valence electrons. The van der Waals surface area contributed by atoms with Crippen LogP contribution in [0.4, 0.5) is 29.1 Å². The number of halogens is 4. The maximum atomic E-state index is 14.2. The summed E-state index contributed by atoms with van der Waals surface area (Å²) in [5.41, 5.74) is 4.56. The highest BCUT2D eigenvalue weighted by Crippen LogP contribution is 2.25. The Morgan fingerprint density at radius 1 is 0.943 bits per heavy atom. The molecule has 0 spiro atoms.